The van der Waals surface area contributed by atoms with Gasteiger partial charge in [0.15, 0.2) is 0 Å². The van der Waals surface area contributed by atoms with Crippen molar-refractivity contribution in [2.45, 2.75) is 96.2 Å². The molecule has 0 saturated heterocycles. The number of hydrogen-bond acceptors (Lipinski definition) is 5. The number of carbonyl (C=O) groups is 3. The van der Waals surface area contributed by atoms with Gasteiger partial charge in [0.1, 0.15) is 6.04 Å². The quantitative estimate of drug-likeness (QED) is 0.0789. The number of aliphatic hydroxyl groups is 1. The summed E-state index contributed by atoms with van der Waals surface area (Å²) in [5.74, 6) is -0.384. The summed E-state index contributed by atoms with van der Waals surface area (Å²) in [6.45, 7) is 8.62. The number of imidazole rings is 1. The Bertz CT molecular complexity index is 1500. The van der Waals surface area contributed by atoms with E-state index in [-0.39, 0.29) is 36.1 Å². The normalized spacial score (nSPS) is 16.2. The second-order valence-electron chi connectivity index (χ2n) is 14.0. The number of aromatic nitrogens is 2. The average molecular weight is 682 g/mol. The van der Waals surface area contributed by atoms with Crippen molar-refractivity contribution >= 4 is 23.8 Å². The van der Waals surface area contributed by atoms with Crippen molar-refractivity contribution < 1.29 is 19.5 Å². The molecular weight excluding hydrogens is 626 g/mol. The van der Waals surface area contributed by atoms with E-state index in [1.807, 2.05) is 66.7 Å². The number of hydrogen-bond donors (Lipinski definition) is 5. The number of carbonyl (C=O) groups excluding carboxylic acids is 3. The van der Waals surface area contributed by atoms with Crippen LogP contribution >= 0.6 is 0 Å². The Hall–Kier alpha value is -4.50. The van der Waals surface area contributed by atoms with E-state index in [9.17, 15) is 19.5 Å². The molecule has 268 valence electrons. The molecule has 1 saturated carbocycles. The van der Waals surface area contributed by atoms with Crippen molar-refractivity contribution in [2.24, 2.45) is 17.8 Å². The summed E-state index contributed by atoms with van der Waals surface area (Å²) in [6.07, 6.45) is 13.4. The summed E-state index contributed by atoms with van der Waals surface area (Å²) in [5.41, 5.74) is 2.78. The third kappa shape index (κ3) is 12.8. The molecule has 3 amide bonds. The molecule has 0 unspecified atom stereocenters. The Morgan fingerprint density at radius 1 is 1.00 bits per heavy atom. The SMILES string of the molecule is C=C[C@@H](C[C@H](O)[C@H](CC1CCCCC1)NC(=O)[C@H](Cc1cnc[nH]1)NC(=O)C(=Cc1ccccc1)CC(=O)NCCc1ccccc1)C(C)C. The Kier molecular flexibility index (Phi) is 15.5. The van der Waals surface area contributed by atoms with Crippen LogP contribution in [0.1, 0.15) is 82.0 Å². The molecule has 4 rings (SSSR count). The first-order valence-electron chi connectivity index (χ1n) is 18.2. The summed E-state index contributed by atoms with van der Waals surface area (Å²) >= 11 is 0. The highest BCUT2D eigenvalue weighted by Gasteiger charge is 2.32. The van der Waals surface area contributed by atoms with Crippen molar-refractivity contribution in [3.05, 3.63) is 108 Å². The molecule has 4 atom stereocenters. The van der Waals surface area contributed by atoms with Crippen molar-refractivity contribution in [3.8, 4) is 0 Å². The van der Waals surface area contributed by atoms with Crippen molar-refractivity contribution in [2.75, 3.05) is 6.54 Å². The minimum atomic E-state index is -0.982. The molecule has 1 aliphatic carbocycles. The number of rotatable bonds is 19. The molecule has 9 nitrogen and oxygen atoms in total. The van der Waals surface area contributed by atoms with Crippen LogP contribution in [-0.4, -0.2) is 57.5 Å². The fourth-order valence-corrected chi connectivity index (χ4v) is 6.71. The molecule has 1 fully saturated rings. The van der Waals surface area contributed by atoms with Gasteiger partial charge in [-0.2, -0.15) is 0 Å². The maximum atomic E-state index is 14.1. The first-order chi connectivity index (χ1) is 24.2. The standard InChI is InChI=1S/C41H55N5O4/c1-4-33(29(2)3)24-38(47)36(23-32-18-12-7-13-19-32)45-41(50)37(26-35-27-42-28-44-35)46-40(49)34(22-31-16-10-6-11-17-31)25-39(48)43-21-20-30-14-8-5-9-15-30/h4-6,8-11,14-17,22,27-29,32-33,36-38,47H,1,7,12-13,18-21,23-26H2,2-3H3,(H,42,44)(H,43,48)(H,45,50)(H,46,49)/t33-,36-,37-,38-/m0/s1. The second-order valence-corrected chi connectivity index (χ2v) is 14.0. The Labute approximate surface area is 297 Å². The van der Waals surface area contributed by atoms with Gasteiger partial charge in [-0.3, -0.25) is 14.4 Å². The lowest BCUT2D eigenvalue weighted by molar-refractivity contribution is -0.129. The van der Waals surface area contributed by atoms with E-state index in [0.717, 1.165) is 36.8 Å². The van der Waals surface area contributed by atoms with Gasteiger partial charge in [0.25, 0.3) is 0 Å². The number of amides is 3. The van der Waals surface area contributed by atoms with Crippen LogP contribution in [0.2, 0.25) is 0 Å². The van der Waals surface area contributed by atoms with Crippen LogP contribution in [0.15, 0.2) is 91.4 Å². The largest absolute Gasteiger partial charge is 0.391 e. The molecule has 1 aliphatic rings. The minimum Gasteiger partial charge on any atom is -0.391 e. The summed E-state index contributed by atoms with van der Waals surface area (Å²) in [5, 5.41) is 20.6. The number of nitrogens with one attached hydrogen (secondary N) is 4. The van der Waals surface area contributed by atoms with Gasteiger partial charge in [0.2, 0.25) is 17.7 Å². The number of nitrogens with zero attached hydrogens (tertiary/aromatic N) is 1. The van der Waals surface area contributed by atoms with Crippen LogP contribution in [-0.2, 0) is 27.2 Å². The Balaban J connectivity index is 1.52. The predicted molar refractivity (Wildman–Crippen MR) is 199 cm³/mol. The predicted octanol–water partition coefficient (Wildman–Crippen LogP) is 5.93. The fourth-order valence-electron chi connectivity index (χ4n) is 6.71. The average Bonchev–Trinajstić information content (AvgIpc) is 3.64. The van der Waals surface area contributed by atoms with E-state index in [1.165, 1.54) is 12.7 Å². The zero-order valence-corrected chi connectivity index (χ0v) is 29.7. The van der Waals surface area contributed by atoms with E-state index >= 15 is 0 Å². The van der Waals surface area contributed by atoms with Crippen molar-refractivity contribution in [1.29, 1.82) is 0 Å². The topological polar surface area (TPSA) is 136 Å². The molecule has 50 heavy (non-hydrogen) atoms. The van der Waals surface area contributed by atoms with Gasteiger partial charge in [-0.05, 0) is 54.2 Å². The second kappa shape index (κ2) is 20.2. The zero-order chi connectivity index (χ0) is 35.7. The third-order valence-corrected chi connectivity index (χ3v) is 9.74. The van der Waals surface area contributed by atoms with E-state index in [2.05, 4.69) is 46.3 Å². The molecule has 5 N–H and O–H groups in total. The molecule has 0 aliphatic heterocycles. The highest BCUT2D eigenvalue weighted by molar-refractivity contribution is 6.04. The summed E-state index contributed by atoms with van der Waals surface area (Å²) in [4.78, 5) is 48.4. The number of aromatic amines is 1. The van der Waals surface area contributed by atoms with Crippen LogP contribution in [0.4, 0.5) is 0 Å². The minimum absolute atomic E-state index is 0.0979. The zero-order valence-electron chi connectivity index (χ0n) is 29.7. The molecule has 1 aromatic heterocycles. The van der Waals surface area contributed by atoms with Gasteiger partial charge < -0.3 is 26.0 Å². The third-order valence-electron chi connectivity index (χ3n) is 9.74. The summed E-state index contributed by atoms with van der Waals surface area (Å²) in [6, 6.07) is 17.8. The number of benzene rings is 2. The first-order valence-corrected chi connectivity index (χ1v) is 18.2. The maximum Gasteiger partial charge on any atom is 0.248 e. The van der Waals surface area contributed by atoms with Crippen molar-refractivity contribution in [1.82, 2.24) is 25.9 Å². The smallest absolute Gasteiger partial charge is 0.248 e. The molecule has 9 heteroatoms. The maximum absolute atomic E-state index is 14.1. The van der Waals surface area contributed by atoms with Crippen LogP contribution < -0.4 is 16.0 Å². The molecule has 2 aromatic carbocycles. The lowest BCUT2D eigenvalue weighted by atomic mass is 9.81. The number of aliphatic hydroxyl groups excluding tert-OH is 1. The van der Waals surface area contributed by atoms with Crippen LogP contribution in [0.3, 0.4) is 0 Å². The van der Waals surface area contributed by atoms with E-state index in [0.29, 0.717) is 43.3 Å². The molecular formula is C41H55N5O4. The first kappa shape index (κ1) is 38.3. The molecule has 3 aromatic rings. The molecule has 0 radical (unpaired) electrons. The highest BCUT2D eigenvalue weighted by atomic mass is 16.3. The van der Waals surface area contributed by atoms with Crippen molar-refractivity contribution in [3.63, 3.8) is 0 Å². The van der Waals surface area contributed by atoms with Crippen LogP contribution in [0.5, 0.6) is 0 Å². The van der Waals surface area contributed by atoms with Gasteiger partial charge in [0, 0.05) is 30.4 Å². The van der Waals surface area contributed by atoms with Gasteiger partial charge >= 0.3 is 0 Å². The van der Waals surface area contributed by atoms with E-state index in [1.54, 1.807) is 12.3 Å². The Morgan fingerprint density at radius 3 is 2.34 bits per heavy atom. The van der Waals surface area contributed by atoms with Gasteiger partial charge in [-0.1, -0.05) is 113 Å². The van der Waals surface area contributed by atoms with E-state index in [4.69, 9.17) is 0 Å². The lowest BCUT2D eigenvalue weighted by Crippen LogP contribution is -2.54. The lowest BCUT2D eigenvalue weighted by Gasteiger charge is -2.33. The molecule has 1 heterocycles. The molecule has 0 bridgehead atoms. The fraction of sp³-hybridized carbons (Fsp3) is 0.463. The monoisotopic (exact) mass is 681 g/mol. The van der Waals surface area contributed by atoms with Gasteiger partial charge in [-0.25, -0.2) is 4.98 Å². The van der Waals surface area contributed by atoms with Crippen LogP contribution in [0, 0.1) is 17.8 Å². The van der Waals surface area contributed by atoms with Crippen LogP contribution in [0.25, 0.3) is 6.08 Å². The van der Waals surface area contributed by atoms with Gasteiger partial charge in [0.05, 0.1) is 24.9 Å². The Morgan fingerprint density at radius 2 is 1.70 bits per heavy atom. The summed E-state index contributed by atoms with van der Waals surface area (Å²) in [7, 11) is 0. The number of allylic oxidation sites excluding steroid dienone is 1. The van der Waals surface area contributed by atoms with E-state index < -0.39 is 24.1 Å². The molecule has 0 spiro atoms. The summed E-state index contributed by atoms with van der Waals surface area (Å²) < 4.78 is 0. The van der Waals surface area contributed by atoms with Gasteiger partial charge in [-0.15, -0.1) is 6.58 Å². The number of H-pyrrole nitrogens is 1. The highest BCUT2D eigenvalue weighted by Crippen LogP contribution is 2.30.